The van der Waals surface area contributed by atoms with Crippen molar-refractivity contribution in [2.24, 2.45) is 0 Å². The summed E-state index contributed by atoms with van der Waals surface area (Å²) in [5, 5.41) is 2.60. The first-order chi connectivity index (χ1) is 6.24. The zero-order valence-electron chi connectivity index (χ0n) is 6.90. The molecule has 1 amide bonds. The van der Waals surface area contributed by atoms with Crippen LogP contribution in [0.3, 0.4) is 0 Å². The molecule has 0 bridgehead atoms. The van der Waals surface area contributed by atoms with Gasteiger partial charge in [0.1, 0.15) is 5.50 Å². The number of carbonyl (C=O) groups is 1. The molecule has 13 heavy (non-hydrogen) atoms. The third-order valence-electron chi connectivity index (χ3n) is 1.48. The summed E-state index contributed by atoms with van der Waals surface area (Å²) in [7, 11) is 0. The largest absolute Gasteiger partial charge is 0.335 e. The molecular formula is C9H10ClNOS. The number of hydrogen-bond acceptors (Lipinski definition) is 2. The van der Waals surface area contributed by atoms with Crippen LogP contribution < -0.4 is 5.32 Å². The molecule has 1 unspecified atom stereocenters. The molecule has 0 aliphatic carbocycles. The summed E-state index contributed by atoms with van der Waals surface area (Å²) in [6.45, 7) is 0. The van der Waals surface area contributed by atoms with Crippen molar-refractivity contribution in [1.29, 1.82) is 0 Å². The standard InChI is InChI=1S/C9H10ClNOS/c10-8(6-13)11-9(12)7-4-2-1-3-5-7/h1-5,8,13H,6H2,(H,11,12). The van der Waals surface area contributed by atoms with Crippen molar-refractivity contribution in [1.82, 2.24) is 5.32 Å². The molecule has 70 valence electrons. The summed E-state index contributed by atoms with van der Waals surface area (Å²) in [5.41, 5.74) is 0.186. The lowest BCUT2D eigenvalue weighted by molar-refractivity contribution is 0.0951. The van der Waals surface area contributed by atoms with Crippen molar-refractivity contribution in [2.45, 2.75) is 5.50 Å². The summed E-state index contributed by atoms with van der Waals surface area (Å²) in [4.78, 5) is 11.4. The molecule has 1 aromatic carbocycles. The van der Waals surface area contributed by atoms with Crippen LogP contribution >= 0.6 is 24.2 Å². The van der Waals surface area contributed by atoms with Crippen molar-refractivity contribution in [3.8, 4) is 0 Å². The minimum Gasteiger partial charge on any atom is -0.335 e. The second-order valence-electron chi connectivity index (χ2n) is 2.49. The number of nitrogens with one attached hydrogen (secondary N) is 1. The van der Waals surface area contributed by atoms with E-state index in [0.717, 1.165) is 0 Å². The molecule has 1 rings (SSSR count). The topological polar surface area (TPSA) is 29.1 Å². The molecule has 0 saturated heterocycles. The van der Waals surface area contributed by atoms with Crippen LogP contribution in [0.4, 0.5) is 0 Å². The molecule has 0 heterocycles. The molecule has 4 heteroatoms. The van der Waals surface area contributed by atoms with Gasteiger partial charge in [-0.25, -0.2) is 0 Å². The van der Waals surface area contributed by atoms with Crippen LogP contribution in [0.5, 0.6) is 0 Å². The van der Waals surface area contributed by atoms with E-state index in [1.807, 2.05) is 6.07 Å². The Morgan fingerprint density at radius 2 is 2.08 bits per heavy atom. The highest BCUT2D eigenvalue weighted by molar-refractivity contribution is 7.80. The number of rotatable bonds is 3. The molecule has 1 N–H and O–H groups in total. The molecule has 0 aromatic heterocycles. The Balaban J connectivity index is 2.59. The van der Waals surface area contributed by atoms with Gasteiger partial charge >= 0.3 is 0 Å². The van der Waals surface area contributed by atoms with Crippen LogP contribution in [0.1, 0.15) is 10.4 Å². The number of thiol groups is 1. The second-order valence-corrected chi connectivity index (χ2v) is 3.38. The minimum atomic E-state index is -0.420. The molecule has 1 aromatic rings. The maximum atomic E-state index is 11.4. The van der Waals surface area contributed by atoms with E-state index in [0.29, 0.717) is 11.3 Å². The molecule has 0 fully saturated rings. The van der Waals surface area contributed by atoms with Gasteiger partial charge < -0.3 is 5.32 Å². The quantitative estimate of drug-likeness (QED) is 0.450. The molecule has 0 aliphatic rings. The number of amides is 1. The fourth-order valence-corrected chi connectivity index (χ4v) is 1.05. The average molecular weight is 216 g/mol. The smallest absolute Gasteiger partial charge is 0.252 e. The first kappa shape index (κ1) is 10.4. The van der Waals surface area contributed by atoms with Gasteiger partial charge in [-0.05, 0) is 12.1 Å². The fourth-order valence-electron chi connectivity index (χ4n) is 0.861. The number of alkyl halides is 1. The van der Waals surface area contributed by atoms with Crippen molar-refractivity contribution in [2.75, 3.05) is 5.75 Å². The number of benzene rings is 1. The van der Waals surface area contributed by atoms with Crippen LogP contribution in [0, 0.1) is 0 Å². The van der Waals surface area contributed by atoms with Gasteiger partial charge in [-0.3, -0.25) is 4.79 Å². The SMILES string of the molecule is O=C(NC(Cl)CS)c1ccccc1. The van der Waals surface area contributed by atoms with E-state index < -0.39 is 5.50 Å². The molecular weight excluding hydrogens is 206 g/mol. The van der Waals surface area contributed by atoms with Crippen LogP contribution in [0.15, 0.2) is 30.3 Å². The summed E-state index contributed by atoms with van der Waals surface area (Å²) in [5.74, 6) is 0.245. The Kier molecular flexibility index (Phi) is 4.12. The Hall–Kier alpha value is -0.670. The van der Waals surface area contributed by atoms with Crippen molar-refractivity contribution >= 4 is 30.1 Å². The van der Waals surface area contributed by atoms with E-state index in [2.05, 4.69) is 17.9 Å². The third kappa shape index (κ3) is 3.28. The van der Waals surface area contributed by atoms with Gasteiger partial charge in [-0.15, -0.1) is 0 Å². The lowest BCUT2D eigenvalue weighted by atomic mass is 10.2. The zero-order chi connectivity index (χ0) is 9.68. The lowest BCUT2D eigenvalue weighted by Crippen LogP contribution is -2.31. The van der Waals surface area contributed by atoms with Crippen LogP contribution in [0.2, 0.25) is 0 Å². The zero-order valence-corrected chi connectivity index (χ0v) is 8.55. The highest BCUT2D eigenvalue weighted by Gasteiger charge is 2.08. The van der Waals surface area contributed by atoms with Crippen LogP contribution in [-0.2, 0) is 0 Å². The first-order valence-electron chi connectivity index (χ1n) is 3.85. The van der Waals surface area contributed by atoms with Crippen molar-refractivity contribution in [3.05, 3.63) is 35.9 Å². The van der Waals surface area contributed by atoms with Gasteiger partial charge in [0.15, 0.2) is 0 Å². The third-order valence-corrected chi connectivity index (χ3v) is 2.33. The molecule has 0 spiro atoms. The molecule has 0 radical (unpaired) electrons. The maximum Gasteiger partial charge on any atom is 0.252 e. The van der Waals surface area contributed by atoms with Gasteiger partial charge in [-0.1, -0.05) is 29.8 Å². The first-order valence-corrected chi connectivity index (χ1v) is 4.92. The average Bonchev–Trinajstić information content (AvgIpc) is 2.19. The van der Waals surface area contributed by atoms with E-state index in [4.69, 9.17) is 11.6 Å². The van der Waals surface area contributed by atoms with Crippen molar-refractivity contribution in [3.63, 3.8) is 0 Å². The molecule has 0 aliphatic heterocycles. The predicted molar refractivity (Wildman–Crippen MR) is 57.4 cm³/mol. The Morgan fingerprint density at radius 1 is 1.46 bits per heavy atom. The van der Waals surface area contributed by atoms with Crippen molar-refractivity contribution < 1.29 is 4.79 Å². The molecule has 1 atom stereocenters. The highest BCUT2D eigenvalue weighted by Crippen LogP contribution is 2.00. The minimum absolute atomic E-state index is 0.172. The summed E-state index contributed by atoms with van der Waals surface area (Å²) >= 11 is 9.66. The Bertz CT molecular complexity index is 278. The molecule has 2 nitrogen and oxygen atoms in total. The fraction of sp³-hybridized carbons (Fsp3) is 0.222. The summed E-state index contributed by atoms with van der Waals surface area (Å²) in [6, 6.07) is 8.93. The van der Waals surface area contributed by atoms with Crippen LogP contribution in [0.25, 0.3) is 0 Å². The Morgan fingerprint density at radius 3 is 2.62 bits per heavy atom. The number of hydrogen-bond donors (Lipinski definition) is 2. The van der Waals surface area contributed by atoms with Crippen LogP contribution in [-0.4, -0.2) is 17.2 Å². The van der Waals surface area contributed by atoms with E-state index in [-0.39, 0.29) is 5.91 Å². The normalized spacial score (nSPS) is 12.2. The van der Waals surface area contributed by atoms with Gasteiger partial charge in [-0.2, -0.15) is 12.6 Å². The van der Waals surface area contributed by atoms with Gasteiger partial charge in [0.2, 0.25) is 0 Å². The Labute approximate surface area is 87.7 Å². The van der Waals surface area contributed by atoms with E-state index >= 15 is 0 Å². The predicted octanol–water partition coefficient (Wildman–Crippen LogP) is 1.91. The number of carbonyl (C=O) groups excluding carboxylic acids is 1. The number of halogens is 1. The van der Waals surface area contributed by atoms with E-state index in [1.54, 1.807) is 24.3 Å². The summed E-state index contributed by atoms with van der Waals surface area (Å²) < 4.78 is 0. The molecule has 0 saturated carbocycles. The maximum absolute atomic E-state index is 11.4. The van der Waals surface area contributed by atoms with Gasteiger partial charge in [0.25, 0.3) is 5.91 Å². The lowest BCUT2D eigenvalue weighted by Gasteiger charge is -2.08. The summed E-state index contributed by atoms with van der Waals surface area (Å²) in [6.07, 6.45) is 0. The van der Waals surface area contributed by atoms with Gasteiger partial charge in [0, 0.05) is 11.3 Å². The second kappa shape index (κ2) is 5.14. The highest BCUT2D eigenvalue weighted by atomic mass is 35.5. The van der Waals surface area contributed by atoms with Gasteiger partial charge in [0.05, 0.1) is 0 Å². The van der Waals surface area contributed by atoms with E-state index in [1.165, 1.54) is 0 Å². The monoisotopic (exact) mass is 215 g/mol. The van der Waals surface area contributed by atoms with E-state index in [9.17, 15) is 4.79 Å².